The first-order valence-corrected chi connectivity index (χ1v) is 4.57. The summed E-state index contributed by atoms with van der Waals surface area (Å²) in [5, 5.41) is 3.29. The van der Waals surface area contributed by atoms with Gasteiger partial charge in [-0.1, -0.05) is 18.2 Å². The highest BCUT2D eigenvalue weighted by Gasteiger charge is 2.14. The van der Waals surface area contributed by atoms with Crippen molar-refractivity contribution in [2.45, 2.75) is 6.42 Å². The number of fused-ring (bicyclic) bond motifs is 2. The van der Waals surface area contributed by atoms with Gasteiger partial charge in [-0.05, 0) is 11.6 Å². The molecule has 0 saturated heterocycles. The molecule has 0 atom stereocenters. The number of rotatable bonds is 0. The highest BCUT2D eigenvalue weighted by Crippen LogP contribution is 2.29. The molecule has 1 aromatic carbocycles. The lowest BCUT2D eigenvalue weighted by Crippen LogP contribution is -2.08. The van der Waals surface area contributed by atoms with E-state index in [4.69, 9.17) is 0 Å². The summed E-state index contributed by atoms with van der Waals surface area (Å²) in [4.78, 5) is 8.22. The molecule has 0 bridgehead atoms. The van der Waals surface area contributed by atoms with Crippen LogP contribution < -0.4 is 5.32 Å². The molecule has 14 heavy (non-hydrogen) atoms. The molecule has 2 heterocycles. The maximum Gasteiger partial charge on any atom is 0.137 e. The van der Waals surface area contributed by atoms with E-state index in [-0.39, 0.29) is 0 Å². The maximum absolute atomic E-state index is 4.20. The fourth-order valence-corrected chi connectivity index (χ4v) is 1.73. The third-order valence-corrected chi connectivity index (χ3v) is 2.44. The third-order valence-electron chi connectivity index (χ3n) is 2.44. The molecule has 0 amide bonds. The third kappa shape index (κ3) is 1.06. The molecular formula is C11H9N3. The number of hydrogen-bond acceptors (Lipinski definition) is 3. The van der Waals surface area contributed by atoms with E-state index < -0.39 is 0 Å². The Balaban J connectivity index is 2.12. The first kappa shape index (κ1) is 7.50. The summed E-state index contributed by atoms with van der Waals surface area (Å²) in [7, 11) is 0. The summed E-state index contributed by atoms with van der Waals surface area (Å²) in [6.45, 7) is 0. The van der Waals surface area contributed by atoms with Crippen molar-refractivity contribution < 1.29 is 0 Å². The highest BCUT2D eigenvalue weighted by molar-refractivity contribution is 5.67. The molecule has 1 N–H and O–H groups in total. The van der Waals surface area contributed by atoms with E-state index in [2.05, 4.69) is 33.5 Å². The van der Waals surface area contributed by atoms with E-state index in [9.17, 15) is 0 Å². The van der Waals surface area contributed by atoms with Crippen molar-refractivity contribution in [3.8, 4) is 0 Å². The number of aromatic nitrogens is 2. The van der Waals surface area contributed by atoms with Gasteiger partial charge in [-0.15, -0.1) is 0 Å². The Morgan fingerprint density at radius 2 is 2.07 bits per heavy atom. The molecule has 0 aliphatic carbocycles. The summed E-state index contributed by atoms with van der Waals surface area (Å²) in [5.41, 5.74) is 3.61. The Morgan fingerprint density at radius 3 is 3.07 bits per heavy atom. The lowest BCUT2D eigenvalue weighted by molar-refractivity contribution is 1.05. The van der Waals surface area contributed by atoms with Crippen LogP contribution in [0.1, 0.15) is 11.1 Å². The monoisotopic (exact) mass is 183 g/mol. The fraction of sp³-hybridized carbons (Fsp3) is 0.0909. The predicted octanol–water partition coefficient (Wildman–Crippen LogP) is 2.12. The minimum Gasteiger partial charge on any atom is -0.340 e. The van der Waals surface area contributed by atoms with Crippen LogP contribution in [0.5, 0.6) is 0 Å². The van der Waals surface area contributed by atoms with Gasteiger partial charge in [0.05, 0.1) is 0 Å². The normalized spacial score (nSPS) is 12.6. The van der Waals surface area contributed by atoms with E-state index in [1.54, 1.807) is 6.33 Å². The van der Waals surface area contributed by atoms with Crippen LogP contribution in [-0.4, -0.2) is 9.97 Å². The van der Waals surface area contributed by atoms with Gasteiger partial charge in [-0.2, -0.15) is 0 Å². The van der Waals surface area contributed by atoms with Crippen LogP contribution in [0.15, 0.2) is 36.8 Å². The zero-order chi connectivity index (χ0) is 9.38. The number of hydrogen-bond donors (Lipinski definition) is 1. The molecule has 3 nitrogen and oxygen atoms in total. The summed E-state index contributed by atoms with van der Waals surface area (Å²) in [6.07, 6.45) is 4.35. The Kier molecular flexibility index (Phi) is 1.50. The Labute approximate surface area is 81.8 Å². The highest BCUT2D eigenvalue weighted by atomic mass is 15.0. The van der Waals surface area contributed by atoms with E-state index >= 15 is 0 Å². The van der Waals surface area contributed by atoms with Crippen molar-refractivity contribution in [3.05, 3.63) is 47.9 Å². The maximum atomic E-state index is 4.20. The second-order valence-electron chi connectivity index (χ2n) is 3.36. The zero-order valence-electron chi connectivity index (χ0n) is 7.57. The molecule has 0 radical (unpaired) electrons. The topological polar surface area (TPSA) is 37.8 Å². The van der Waals surface area contributed by atoms with Crippen molar-refractivity contribution in [1.82, 2.24) is 9.97 Å². The van der Waals surface area contributed by atoms with Crippen LogP contribution in [0.2, 0.25) is 0 Å². The predicted molar refractivity (Wildman–Crippen MR) is 54.6 cm³/mol. The van der Waals surface area contributed by atoms with Gasteiger partial charge >= 0.3 is 0 Å². The van der Waals surface area contributed by atoms with E-state index in [1.165, 1.54) is 5.56 Å². The van der Waals surface area contributed by atoms with Crippen LogP contribution in [0.4, 0.5) is 11.5 Å². The summed E-state index contributed by atoms with van der Waals surface area (Å²) >= 11 is 0. The lowest BCUT2D eigenvalue weighted by Gasteiger charge is -2.19. The average Bonchev–Trinajstić information content (AvgIpc) is 2.26. The van der Waals surface area contributed by atoms with Gasteiger partial charge in [0.25, 0.3) is 0 Å². The van der Waals surface area contributed by atoms with Crippen LogP contribution in [-0.2, 0) is 6.42 Å². The number of anilines is 2. The van der Waals surface area contributed by atoms with Crippen LogP contribution >= 0.6 is 0 Å². The second kappa shape index (κ2) is 2.80. The van der Waals surface area contributed by atoms with E-state index in [0.717, 1.165) is 23.5 Å². The van der Waals surface area contributed by atoms with Gasteiger partial charge in [-0.25, -0.2) is 9.97 Å². The lowest BCUT2D eigenvalue weighted by atomic mass is 10.0. The summed E-state index contributed by atoms with van der Waals surface area (Å²) in [6, 6.07) is 8.27. The molecule has 2 aromatic rings. The van der Waals surface area contributed by atoms with Gasteiger partial charge in [0.15, 0.2) is 0 Å². The molecule has 1 aliphatic heterocycles. The minimum atomic E-state index is 0.916. The van der Waals surface area contributed by atoms with Gasteiger partial charge < -0.3 is 5.32 Å². The first-order valence-electron chi connectivity index (χ1n) is 4.57. The Bertz CT molecular complexity index is 392. The Morgan fingerprint density at radius 1 is 1.14 bits per heavy atom. The molecule has 1 aromatic heterocycles. The standard InChI is InChI=1S/C11H9N3/c1-2-4-10-8(3-1)5-9-6-12-7-13-11(9)14-10/h1-4,6-7H,5H2,(H,12,13,14). The Hall–Kier alpha value is -1.90. The second-order valence-corrected chi connectivity index (χ2v) is 3.36. The van der Waals surface area contributed by atoms with Gasteiger partial charge in [0.2, 0.25) is 0 Å². The fourth-order valence-electron chi connectivity index (χ4n) is 1.73. The number of nitrogens with one attached hydrogen (secondary N) is 1. The van der Waals surface area contributed by atoms with Crippen molar-refractivity contribution in [2.75, 3.05) is 5.32 Å². The molecule has 0 fully saturated rings. The van der Waals surface area contributed by atoms with Gasteiger partial charge in [0, 0.05) is 23.9 Å². The first-order chi connectivity index (χ1) is 6.93. The van der Waals surface area contributed by atoms with Crippen LogP contribution in [0.25, 0.3) is 0 Å². The number of nitrogens with zero attached hydrogens (tertiary/aromatic N) is 2. The molecule has 68 valence electrons. The molecule has 1 aliphatic rings. The molecule has 3 rings (SSSR count). The summed E-state index contributed by atoms with van der Waals surface area (Å²) < 4.78 is 0. The smallest absolute Gasteiger partial charge is 0.137 e. The van der Waals surface area contributed by atoms with Crippen LogP contribution in [0, 0.1) is 0 Å². The number of para-hydroxylation sites is 1. The quantitative estimate of drug-likeness (QED) is 0.580. The van der Waals surface area contributed by atoms with Gasteiger partial charge in [-0.3, -0.25) is 0 Å². The van der Waals surface area contributed by atoms with Gasteiger partial charge in [0.1, 0.15) is 12.1 Å². The molecule has 0 saturated carbocycles. The SMILES string of the molecule is c1ccc2c(c1)Cc1cncnc1N2. The zero-order valence-corrected chi connectivity index (χ0v) is 7.57. The van der Waals surface area contributed by atoms with Crippen LogP contribution in [0.3, 0.4) is 0 Å². The molecule has 0 unspecified atom stereocenters. The van der Waals surface area contributed by atoms with Crippen molar-refractivity contribution in [3.63, 3.8) is 0 Å². The largest absolute Gasteiger partial charge is 0.340 e. The molecular weight excluding hydrogens is 174 g/mol. The van der Waals surface area contributed by atoms with Crippen molar-refractivity contribution in [2.24, 2.45) is 0 Å². The van der Waals surface area contributed by atoms with E-state index in [1.807, 2.05) is 12.3 Å². The van der Waals surface area contributed by atoms with Crippen molar-refractivity contribution >= 4 is 11.5 Å². The molecule has 3 heteroatoms. The molecule has 0 spiro atoms. The number of benzene rings is 1. The van der Waals surface area contributed by atoms with Crippen molar-refractivity contribution in [1.29, 1.82) is 0 Å². The summed E-state index contributed by atoms with van der Waals surface area (Å²) in [5.74, 6) is 0.929. The average molecular weight is 183 g/mol. The van der Waals surface area contributed by atoms with E-state index in [0.29, 0.717) is 0 Å². The minimum absolute atomic E-state index is 0.916.